The molecule has 1 spiro atoms. The van der Waals surface area contributed by atoms with Crippen molar-refractivity contribution in [3.05, 3.63) is 53.8 Å². The Bertz CT molecular complexity index is 1060. The normalized spacial score (nSPS) is 20.4. The van der Waals surface area contributed by atoms with Crippen LogP contribution in [-0.2, 0) is 11.3 Å². The van der Waals surface area contributed by atoms with Crippen LogP contribution >= 0.6 is 0 Å². The number of piperidine rings is 2. The van der Waals surface area contributed by atoms with Crippen LogP contribution in [0.5, 0.6) is 5.75 Å². The maximum atomic E-state index is 14.5. The number of anilines is 2. The van der Waals surface area contributed by atoms with Crippen molar-refractivity contribution in [3.8, 4) is 5.75 Å². The number of alkyl carbamates (subject to hydrolysis) is 1. The monoisotopic (exact) mass is 510 g/mol. The van der Waals surface area contributed by atoms with E-state index in [1.807, 2.05) is 30.3 Å². The molecule has 0 unspecified atom stereocenters. The van der Waals surface area contributed by atoms with E-state index < -0.39 is 0 Å². The second kappa shape index (κ2) is 11.2. The molecule has 2 aromatic carbocycles. The largest absolute Gasteiger partial charge is 0.495 e. The standard InChI is InChI=1S/C29H39FN4O3/c1-36-27-16-26(24(30)15-25(27)31)34-11-7-21(8-12-34)19-33-13-9-29(10-14-33)17-23(18-29)32-28(35)37-20-22-5-3-2-4-6-22/h2-6,15-16,21,23H,7-14,17-20,31H2,1H3,(H,32,35). The maximum Gasteiger partial charge on any atom is 0.407 e. The van der Waals surface area contributed by atoms with Crippen LogP contribution in [0, 0.1) is 17.2 Å². The van der Waals surface area contributed by atoms with Crippen LogP contribution < -0.4 is 20.7 Å². The second-order valence-corrected chi connectivity index (χ2v) is 11.1. The van der Waals surface area contributed by atoms with E-state index in [0.717, 1.165) is 64.0 Å². The first-order valence-electron chi connectivity index (χ1n) is 13.5. The van der Waals surface area contributed by atoms with E-state index in [4.69, 9.17) is 15.2 Å². The molecular weight excluding hydrogens is 471 g/mol. The van der Waals surface area contributed by atoms with Gasteiger partial charge in [0.15, 0.2) is 0 Å². The number of rotatable bonds is 7. The summed E-state index contributed by atoms with van der Waals surface area (Å²) in [4.78, 5) is 16.9. The van der Waals surface area contributed by atoms with Crippen molar-refractivity contribution < 1.29 is 18.7 Å². The van der Waals surface area contributed by atoms with Gasteiger partial charge in [-0.25, -0.2) is 9.18 Å². The topological polar surface area (TPSA) is 80.1 Å². The average molecular weight is 511 g/mol. The lowest BCUT2D eigenvalue weighted by Gasteiger charge is -2.52. The summed E-state index contributed by atoms with van der Waals surface area (Å²) in [5.74, 6) is 0.883. The number of hydrogen-bond acceptors (Lipinski definition) is 6. The molecule has 2 aliphatic heterocycles. The molecule has 0 bridgehead atoms. The minimum absolute atomic E-state index is 0.228. The summed E-state index contributed by atoms with van der Waals surface area (Å²) in [5, 5.41) is 3.05. The van der Waals surface area contributed by atoms with Gasteiger partial charge in [0.1, 0.15) is 18.2 Å². The van der Waals surface area contributed by atoms with Crippen molar-refractivity contribution in [3.63, 3.8) is 0 Å². The Kier molecular flexibility index (Phi) is 7.74. The lowest BCUT2D eigenvalue weighted by atomic mass is 9.60. The first-order valence-corrected chi connectivity index (χ1v) is 13.5. The molecule has 1 aliphatic carbocycles. The lowest BCUT2D eigenvalue weighted by Crippen LogP contribution is -2.55. The number of nitrogens with one attached hydrogen (secondary N) is 1. The van der Waals surface area contributed by atoms with Crippen molar-refractivity contribution in [2.75, 3.05) is 50.5 Å². The molecule has 2 saturated heterocycles. The fourth-order valence-electron chi connectivity index (χ4n) is 6.34. The third-order valence-electron chi connectivity index (χ3n) is 8.58. The van der Waals surface area contributed by atoms with Crippen molar-refractivity contribution in [2.45, 2.75) is 51.2 Å². The first-order chi connectivity index (χ1) is 17.9. The van der Waals surface area contributed by atoms with Crippen LogP contribution in [0.1, 0.15) is 44.1 Å². The van der Waals surface area contributed by atoms with E-state index in [0.29, 0.717) is 35.1 Å². The molecule has 0 aromatic heterocycles. The van der Waals surface area contributed by atoms with Gasteiger partial charge in [0.2, 0.25) is 0 Å². The van der Waals surface area contributed by atoms with Gasteiger partial charge in [-0.3, -0.25) is 0 Å². The predicted octanol–water partition coefficient (Wildman–Crippen LogP) is 4.80. The first kappa shape index (κ1) is 25.6. The summed E-state index contributed by atoms with van der Waals surface area (Å²) in [6, 6.07) is 13.1. The van der Waals surface area contributed by atoms with Crippen molar-refractivity contribution in [2.24, 2.45) is 11.3 Å². The van der Waals surface area contributed by atoms with Gasteiger partial charge in [0, 0.05) is 37.8 Å². The van der Waals surface area contributed by atoms with E-state index in [-0.39, 0.29) is 18.0 Å². The van der Waals surface area contributed by atoms with Gasteiger partial charge in [-0.1, -0.05) is 30.3 Å². The number of amides is 1. The maximum absolute atomic E-state index is 14.5. The Balaban J connectivity index is 1.00. The second-order valence-electron chi connectivity index (χ2n) is 11.1. The summed E-state index contributed by atoms with van der Waals surface area (Å²) in [5.41, 5.74) is 8.13. The Hall–Kier alpha value is -3.00. The smallest absolute Gasteiger partial charge is 0.407 e. The van der Waals surface area contributed by atoms with Crippen LogP contribution in [0.2, 0.25) is 0 Å². The number of carbonyl (C=O) groups excluding carboxylic acids is 1. The molecule has 3 N–H and O–H groups in total. The molecule has 37 heavy (non-hydrogen) atoms. The van der Waals surface area contributed by atoms with Crippen LogP contribution in [0.3, 0.4) is 0 Å². The van der Waals surface area contributed by atoms with E-state index >= 15 is 0 Å². The Labute approximate surface area is 219 Å². The summed E-state index contributed by atoms with van der Waals surface area (Å²) >= 11 is 0. The number of carbonyl (C=O) groups is 1. The molecule has 0 atom stereocenters. The fraction of sp³-hybridized carbons (Fsp3) is 0.552. The van der Waals surface area contributed by atoms with Crippen LogP contribution in [0.25, 0.3) is 0 Å². The quantitative estimate of drug-likeness (QED) is 0.521. The number of likely N-dealkylation sites (tertiary alicyclic amines) is 1. The van der Waals surface area contributed by atoms with Gasteiger partial charge in [-0.05, 0) is 68.5 Å². The van der Waals surface area contributed by atoms with Gasteiger partial charge in [0.05, 0.1) is 18.5 Å². The minimum atomic E-state index is -0.315. The Morgan fingerprint density at radius 1 is 1.11 bits per heavy atom. The van der Waals surface area contributed by atoms with Crippen LogP contribution in [0.15, 0.2) is 42.5 Å². The third kappa shape index (κ3) is 6.12. The number of nitrogens with two attached hydrogens (primary N) is 1. The number of hydrogen-bond donors (Lipinski definition) is 2. The van der Waals surface area contributed by atoms with Crippen LogP contribution in [-0.4, -0.2) is 56.9 Å². The van der Waals surface area contributed by atoms with Gasteiger partial charge in [-0.15, -0.1) is 0 Å². The highest BCUT2D eigenvalue weighted by molar-refractivity contribution is 5.67. The zero-order valence-corrected chi connectivity index (χ0v) is 21.8. The molecular formula is C29H39FN4O3. The Morgan fingerprint density at radius 2 is 1.81 bits per heavy atom. The molecule has 0 radical (unpaired) electrons. The summed E-state index contributed by atoms with van der Waals surface area (Å²) in [7, 11) is 1.56. The molecule has 1 saturated carbocycles. The zero-order chi connectivity index (χ0) is 25.8. The highest BCUT2D eigenvalue weighted by Gasteiger charge is 2.46. The number of nitrogens with zero attached hydrogens (tertiary/aromatic N) is 2. The van der Waals surface area contributed by atoms with Crippen LogP contribution in [0.4, 0.5) is 20.6 Å². The van der Waals surface area contributed by atoms with Crippen molar-refractivity contribution in [1.29, 1.82) is 0 Å². The fourth-order valence-corrected chi connectivity index (χ4v) is 6.34. The van der Waals surface area contributed by atoms with E-state index in [9.17, 15) is 9.18 Å². The third-order valence-corrected chi connectivity index (χ3v) is 8.58. The SMILES string of the molecule is COc1cc(N2CCC(CN3CCC4(CC3)CC(NC(=O)OCc3ccccc3)C4)CC2)c(F)cc1N. The molecule has 5 rings (SSSR count). The van der Waals surface area contributed by atoms with E-state index in [2.05, 4.69) is 15.1 Å². The summed E-state index contributed by atoms with van der Waals surface area (Å²) in [6.07, 6.45) is 6.30. The molecule has 8 heteroatoms. The zero-order valence-electron chi connectivity index (χ0n) is 21.8. The number of methoxy groups -OCH3 is 1. The number of ether oxygens (including phenoxy) is 2. The number of nitrogen functional groups attached to an aromatic ring is 1. The molecule has 2 heterocycles. The highest BCUT2D eigenvalue weighted by atomic mass is 19.1. The molecule has 7 nitrogen and oxygen atoms in total. The van der Waals surface area contributed by atoms with Gasteiger partial charge in [0.25, 0.3) is 0 Å². The van der Waals surface area contributed by atoms with Crippen molar-refractivity contribution >= 4 is 17.5 Å². The minimum Gasteiger partial charge on any atom is -0.495 e. The average Bonchev–Trinajstić information content (AvgIpc) is 2.89. The lowest BCUT2D eigenvalue weighted by molar-refractivity contribution is 0.000390. The number of halogens is 1. The molecule has 3 fully saturated rings. The highest BCUT2D eigenvalue weighted by Crippen LogP contribution is 2.49. The summed E-state index contributed by atoms with van der Waals surface area (Å²) in [6.45, 7) is 5.36. The molecule has 2 aromatic rings. The number of benzene rings is 2. The van der Waals surface area contributed by atoms with E-state index in [1.165, 1.54) is 18.9 Å². The Morgan fingerprint density at radius 3 is 2.49 bits per heavy atom. The van der Waals surface area contributed by atoms with Gasteiger partial charge < -0.3 is 30.3 Å². The molecule has 3 aliphatic rings. The van der Waals surface area contributed by atoms with Gasteiger partial charge >= 0.3 is 6.09 Å². The predicted molar refractivity (Wildman–Crippen MR) is 143 cm³/mol. The van der Waals surface area contributed by atoms with E-state index in [1.54, 1.807) is 13.2 Å². The van der Waals surface area contributed by atoms with Gasteiger partial charge in [-0.2, -0.15) is 0 Å². The van der Waals surface area contributed by atoms with Crippen molar-refractivity contribution in [1.82, 2.24) is 10.2 Å². The molecule has 1 amide bonds. The summed E-state index contributed by atoms with van der Waals surface area (Å²) < 4.78 is 25.2. The molecule has 200 valence electrons.